The van der Waals surface area contributed by atoms with Gasteiger partial charge < -0.3 is 19.3 Å². The number of anilines is 2. The zero-order chi connectivity index (χ0) is 32.4. The Balaban J connectivity index is 1.74. The number of alkyl halides is 6. The Labute approximate surface area is 252 Å². The van der Waals surface area contributed by atoms with Crippen LogP contribution in [0.3, 0.4) is 0 Å². The zero-order valence-electron chi connectivity index (χ0n) is 25.2. The first kappa shape index (κ1) is 33.2. The molecule has 1 heterocycles. The number of aryl methyl sites for hydroxylation is 3. The Morgan fingerprint density at radius 1 is 0.932 bits per heavy atom. The molecule has 0 unspecified atom stereocenters. The molecule has 44 heavy (non-hydrogen) atoms. The van der Waals surface area contributed by atoms with Gasteiger partial charge in [0.05, 0.1) is 17.5 Å². The van der Waals surface area contributed by atoms with Gasteiger partial charge in [-0.05, 0) is 84.5 Å². The van der Waals surface area contributed by atoms with Gasteiger partial charge in [0.15, 0.2) is 11.7 Å². The third kappa shape index (κ3) is 8.26. The Morgan fingerprint density at radius 3 is 2.07 bits per heavy atom. The maximum atomic E-state index is 13.6. The lowest BCUT2D eigenvalue weighted by Crippen LogP contribution is -2.31. The summed E-state index contributed by atoms with van der Waals surface area (Å²) in [4.78, 5) is 19.5. The number of carboxylic acids is 1. The van der Waals surface area contributed by atoms with E-state index in [1.165, 1.54) is 11.8 Å². The number of hydrogen-bond donors (Lipinski definition) is 1. The molecule has 0 atom stereocenters. The number of carboxylic acid groups (broad SMARTS) is 1. The molecule has 0 saturated heterocycles. The van der Waals surface area contributed by atoms with Crippen LogP contribution in [0.1, 0.15) is 79.3 Å². The second-order valence-electron chi connectivity index (χ2n) is 12.2. The average molecular weight is 626 g/mol. The van der Waals surface area contributed by atoms with E-state index in [2.05, 4.69) is 22.0 Å². The molecule has 0 fully saturated rings. The molecule has 0 saturated carbocycles. The molecule has 6 nitrogen and oxygen atoms in total. The molecule has 3 aromatic rings. The lowest BCUT2D eigenvalue weighted by molar-refractivity contribution is -0.143. The topological polar surface area (TPSA) is 69.8 Å². The van der Waals surface area contributed by atoms with Crippen molar-refractivity contribution in [1.29, 1.82) is 0 Å². The number of fused-ring (bicyclic) bond motifs is 1. The highest BCUT2D eigenvalue weighted by molar-refractivity contribution is 5.67. The van der Waals surface area contributed by atoms with Crippen LogP contribution in [0.4, 0.5) is 37.8 Å². The lowest BCUT2D eigenvalue weighted by atomic mass is 9.85. The first-order valence-corrected chi connectivity index (χ1v) is 14.5. The minimum atomic E-state index is -4.96. The number of nitrogens with zero attached hydrogens (tertiary/aromatic N) is 3. The van der Waals surface area contributed by atoms with Crippen molar-refractivity contribution in [3.63, 3.8) is 0 Å². The maximum Gasteiger partial charge on any atom is 0.416 e. The normalized spacial score (nSPS) is 13.7. The number of hydrogen-bond acceptors (Lipinski definition) is 5. The van der Waals surface area contributed by atoms with Crippen LogP contribution in [0.15, 0.2) is 41.0 Å². The van der Waals surface area contributed by atoms with Crippen molar-refractivity contribution < 1.29 is 40.7 Å². The lowest BCUT2D eigenvalue weighted by Gasteiger charge is -2.32. The number of halogens is 6. The van der Waals surface area contributed by atoms with Crippen molar-refractivity contribution in [2.75, 3.05) is 22.9 Å². The van der Waals surface area contributed by atoms with E-state index in [9.17, 15) is 36.2 Å². The molecule has 0 aliphatic heterocycles. The Bertz CT molecular complexity index is 1450. The molecule has 1 aromatic heterocycles. The van der Waals surface area contributed by atoms with Crippen molar-refractivity contribution in [2.24, 2.45) is 5.41 Å². The second-order valence-corrected chi connectivity index (χ2v) is 12.2. The molecule has 0 bridgehead atoms. The Kier molecular flexibility index (Phi) is 9.60. The maximum absolute atomic E-state index is 13.6. The molecule has 12 heteroatoms. The summed E-state index contributed by atoms with van der Waals surface area (Å²) in [5.41, 5.74) is 0.704. The molecule has 0 radical (unpaired) electrons. The number of aliphatic carboxylic acids is 1. The van der Waals surface area contributed by atoms with E-state index in [4.69, 9.17) is 4.42 Å². The first-order chi connectivity index (χ1) is 20.4. The molecule has 1 aliphatic carbocycles. The molecule has 0 amide bonds. The van der Waals surface area contributed by atoms with E-state index in [-0.39, 0.29) is 37.0 Å². The fraction of sp³-hybridized carbons (Fsp3) is 0.500. The van der Waals surface area contributed by atoms with E-state index in [1.54, 1.807) is 11.8 Å². The fourth-order valence-corrected chi connectivity index (χ4v) is 5.72. The van der Waals surface area contributed by atoms with Gasteiger partial charge in [-0.3, -0.25) is 4.79 Å². The third-order valence-corrected chi connectivity index (χ3v) is 8.02. The van der Waals surface area contributed by atoms with Crippen LogP contribution in [0.25, 0.3) is 0 Å². The summed E-state index contributed by atoms with van der Waals surface area (Å²) in [5.74, 6) is -0.293. The molecule has 240 valence electrons. The highest BCUT2D eigenvalue weighted by Gasteiger charge is 2.37. The molecule has 1 aliphatic rings. The van der Waals surface area contributed by atoms with Gasteiger partial charge in [0.25, 0.3) is 0 Å². The van der Waals surface area contributed by atoms with Gasteiger partial charge in [0.2, 0.25) is 0 Å². The SMILES string of the molecule is CCN(CCC(C)(C)CC(=O)O)c1cc2c(cc1CN(Cc1cc(C(F)(F)F)cc(C(F)(F)F)c1)c1coc(C)n1)CCC2. The van der Waals surface area contributed by atoms with Gasteiger partial charge in [-0.15, -0.1) is 0 Å². The number of carbonyl (C=O) groups is 1. The molecule has 2 aromatic carbocycles. The fourth-order valence-electron chi connectivity index (χ4n) is 5.72. The largest absolute Gasteiger partial charge is 0.481 e. The molecular formula is C32H37F6N3O3. The number of aromatic nitrogens is 1. The summed E-state index contributed by atoms with van der Waals surface area (Å²) in [5, 5.41) is 9.33. The Morgan fingerprint density at radius 2 is 1.55 bits per heavy atom. The summed E-state index contributed by atoms with van der Waals surface area (Å²) >= 11 is 0. The zero-order valence-corrected chi connectivity index (χ0v) is 25.2. The predicted octanol–water partition coefficient (Wildman–Crippen LogP) is 8.43. The van der Waals surface area contributed by atoms with Crippen LogP contribution in [0, 0.1) is 12.3 Å². The minimum Gasteiger partial charge on any atom is -0.481 e. The van der Waals surface area contributed by atoms with E-state index >= 15 is 0 Å². The summed E-state index contributed by atoms with van der Waals surface area (Å²) < 4.78 is 87.2. The van der Waals surface area contributed by atoms with Crippen molar-refractivity contribution in [3.05, 3.63) is 75.9 Å². The summed E-state index contributed by atoms with van der Waals surface area (Å²) in [7, 11) is 0. The minimum absolute atomic E-state index is 0.0117. The quantitative estimate of drug-likeness (QED) is 0.204. The number of benzene rings is 2. The second kappa shape index (κ2) is 12.7. The van der Waals surface area contributed by atoms with Gasteiger partial charge >= 0.3 is 18.3 Å². The highest BCUT2D eigenvalue weighted by Crippen LogP contribution is 2.38. The molecule has 1 N–H and O–H groups in total. The monoisotopic (exact) mass is 625 g/mol. The highest BCUT2D eigenvalue weighted by atomic mass is 19.4. The Hall–Kier alpha value is -3.70. The van der Waals surface area contributed by atoms with Crippen LogP contribution in [0.2, 0.25) is 0 Å². The molecule has 4 rings (SSSR count). The van der Waals surface area contributed by atoms with E-state index < -0.39 is 34.9 Å². The van der Waals surface area contributed by atoms with Gasteiger partial charge in [-0.2, -0.15) is 31.3 Å². The van der Waals surface area contributed by atoms with E-state index in [1.807, 2.05) is 20.8 Å². The third-order valence-electron chi connectivity index (χ3n) is 8.02. The van der Waals surface area contributed by atoms with Crippen LogP contribution in [-0.4, -0.2) is 29.1 Å². The van der Waals surface area contributed by atoms with Crippen molar-refractivity contribution >= 4 is 17.5 Å². The van der Waals surface area contributed by atoms with Crippen molar-refractivity contribution in [1.82, 2.24) is 4.98 Å². The molecular weight excluding hydrogens is 588 g/mol. The first-order valence-electron chi connectivity index (χ1n) is 14.5. The summed E-state index contributed by atoms with van der Waals surface area (Å²) in [6, 6.07) is 5.78. The number of rotatable bonds is 12. The van der Waals surface area contributed by atoms with Gasteiger partial charge in [-0.25, -0.2) is 0 Å². The average Bonchev–Trinajstić information content (AvgIpc) is 3.55. The van der Waals surface area contributed by atoms with E-state index in [0.717, 1.165) is 48.2 Å². The van der Waals surface area contributed by atoms with E-state index in [0.29, 0.717) is 25.4 Å². The molecule has 0 spiro atoms. The van der Waals surface area contributed by atoms with Crippen LogP contribution in [-0.2, 0) is 43.1 Å². The van der Waals surface area contributed by atoms with Gasteiger partial charge in [0.1, 0.15) is 6.26 Å². The van der Waals surface area contributed by atoms with Crippen molar-refractivity contribution in [3.8, 4) is 0 Å². The summed E-state index contributed by atoms with van der Waals surface area (Å²) in [6.07, 6.45) is -5.23. The number of oxazole rings is 1. The van der Waals surface area contributed by atoms with Crippen molar-refractivity contribution in [2.45, 2.75) is 85.2 Å². The standard InChI is InChI=1S/C32H37F6N3O3/c1-5-40(10-9-30(3,4)16-29(42)43)27-14-23-8-6-7-22(23)13-24(27)18-41(28-19-44-20(2)39-28)17-21-11-25(31(33,34)35)15-26(12-21)32(36,37)38/h11-15,19H,5-10,16-18H2,1-4H3,(H,42,43). The summed E-state index contributed by atoms with van der Waals surface area (Å²) in [6.45, 7) is 8.42. The van der Waals surface area contributed by atoms with Crippen LogP contribution >= 0.6 is 0 Å². The predicted molar refractivity (Wildman–Crippen MR) is 155 cm³/mol. The van der Waals surface area contributed by atoms with Gasteiger partial charge in [0, 0.05) is 38.8 Å². The smallest absolute Gasteiger partial charge is 0.416 e. The van der Waals surface area contributed by atoms with Crippen LogP contribution < -0.4 is 9.80 Å². The van der Waals surface area contributed by atoms with Gasteiger partial charge in [-0.1, -0.05) is 19.9 Å². The van der Waals surface area contributed by atoms with Crippen LogP contribution in [0.5, 0.6) is 0 Å².